The number of likely N-dealkylation sites (tertiary alicyclic amines) is 1. The van der Waals surface area contributed by atoms with E-state index in [9.17, 15) is 19.5 Å². The van der Waals surface area contributed by atoms with Gasteiger partial charge in [0.05, 0.1) is 6.10 Å². The largest absolute Gasteiger partial charge is 0.391 e. The number of terminal acetylenes is 1. The summed E-state index contributed by atoms with van der Waals surface area (Å²) >= 11 is 0. The summed E-state index contributed by atoms with van der Waals surface area (Å²) in [4.78, 5) is 34.3. The summed E-state index contributed by atoms with van der Waals surface area (Å²) < 4.78 is 0. The Morgan fingerprint density at radius 1 is 1.30 bits per heavy atom. The summed E-state index contributed by atoms with van der Waals surface area (Å²) in [6, 6.07) is 7.49. The zero-order valence-corrected chi connectivity index (χ0v) is 17.6. The first-order chi connectivity index (χ1) is 14.2. The lowest BCUT2D eigenvalue weighted by atomic mass is 9.85. The first-order valence-electron chi connectivity index (χ1n) is 9.47. The van der Waals surface area contributed by atoms with Crippen LogP contribution in [0.3, 0.4) is 0 Å². The molecule has 1 atom stereocenters. The number of nitrogens with one attached hydrogen (secondary N) is 1. The van der Waals surface area contributed by atoms with E-state index < -0.39 is 11.5 Å². The lowest BCUT2D eigenvalue weighted by Gasteiger charge is -2.25. The highest BCUT2D eigenvalue weighted by atomic mass is 16.3. The third-order valence-electron chi connectivity index (χ3n) is 4.31. The van der Waals surface area contributed by atoms with E-state index in [4.69, 9.17) is 12.2 Å². The number of hydrazine groups is 1. The number of β-amino-alcohol motifs (C(OH)–C–C–N with tert-alkyl or cyclic N) is 1. The maximum Gasteiger partial charge on any atom is 0.223 e. The molecule has 1 aliphatic heterocycles. The highest BCUT2D eigenvalue weighted by molar-refractivity contribution is 5.79. The molecule has 0 radical (unpaired) electrons. The molecule has 8 N–H and O–H groups in total. The van der Waals surface area contributed by atoms with Crippen LogP contribution in [0.1, 0.15) is 44.2 Å². The van der Waals surface area contributed by atoms with E-state index in [-0.39, 0.29) is 18.2 Å². The molecule has 1 aromatic rings. The normalized spacial score (nSPS) is 14.9. The van der Waals surface area contributed by atoms with Crippen molar-refractivity contribution in [1.82, 2.24) is 10.2 Å². The van der Waals surface area contributed by atoms with Gasteiger partial charge in [-0.05, 0) is 29.5 Å². The standard InChI is InChI=1S/C11H20N2O3.C10H9NO.H4N2/c1-11(2,5-9(12)15)6-10(16)13-4-3-8(14)7-13;1-2-9-3-5-10(6-4-9)7-11-8-12;1-2/h8,14H,3-7H2,1-2H3,(H2,12,15);1,3-6,8H,7H2,(H,11,12);1-2H2. The quantitative estimate of drug-likeness (QED) is 0.175. The summed E-state index contributed by atoms with van der Waals surface area (Å²) in [5.41, 5.74) is 6.61. The Bertz CT molecular complexity index is 713. The second kappa shape index (κ2) is 14.1. The van der Waals surface area contributed by atoms with Crippen LogP contribution in [0.5, 0.6) is 0 Å². The fourth-order valence-corrected chi connectivity index (χ4v) is 2.90. The molecule has 30 heavy (non-hydrogen) atoms. The highest BCUT2D eigenvalue weighted by Gasteiger charge is 2.30. The molecule has 1 aromatic carbocycles. The molecular weight excluding hydrogens is 386 g/mol. The van der Waals surface area contributed by atoms with Crippen molar-refractivity contribution in [3.05, 3.63) is 35.4 Å². The zero-order chi connectivity index (χ0) is 23.2. The molecule has 1 unspecified atom stereocenters. The topological polar surface area (TPSA) is 165 Å². The van der Waals surface area contributed by atoms with Crippen LogP contribution in [0, 0.1) is 17.8 Å². The van der Waals surface area contributed by atoms with Crippen LogP contribution in [0.15, 0.2) is 24.3 Å². The van der Waals surface area contributed by atoms with Crippen LogP contribution >= 0.6 is 0 Å². The molecule has 2 rings (SSSR count). The number of aliphatic hydroxyl groups excluding tert-OH is 1. The minimum Gasteiger partial charge on any atom is -0.391 e. The van der Waals surface area contributed by atoms with Crippen LogP contribution in [0.25, 0.3) is 0 Å². The fraction of sp³-hybridized carbons (Fsp3) is 0.476. The van der Waals surface area contributed by atoms with E-state index in [0.717, 1.165) is 11.1 Å². The summed E-state index contributed by atoms with van der Waals surface area (Å²) in [5.74, 6) is 10.1. The predicted molar refractivity (Wildman–Crippen MR) is 115 cm³/mol. The number of rotatable bonds is 7. The summed E-state index contributed by atoms with van der Waals surface area (Å²) in [6.45, 7) is 5.26. The van der Waals surface area contributed by atoms with Crippen LogP contribution in [0.2, 0.25) is 0 Å². The molecule has 0 aliphatic carbocycles. The van der Waals surface area contributed by atoms with Gasteiger partial charge in [0, 0.05) is 38.0 Å². The van der Waals surface area contributed by atoms with Gasteiger partial charge in [-0.2, -0.15) is 0 Å². The Balaban J connectivity index is 0.000000535. The first-order valence-corrected chi connectivity index (χ1v) is 9.47. The van der Waals surface area contributed by atoms with Gasteiger partial charge in [0.15, 0.2) is 0 Å². The third kappa shape index (κ3) is 11.2. The number of primary amides is 1. The van der Waals surface area contributed by atoms with E-state index in [1.807, 2.05) is 38.1 Å². The highest BCUT2D eigenvalue weighted by Crippen LogP contribution is 2.26. The second-order valence-electron chi connectivity index (χ2n) is 7.61. The average Bonchev–Trinajstić information content (AvgIpc) is 3.14. The molecular formula is C21H33N5O4. The molecule has 9 heteroatoms. The molecule has 0 saturated carbocycles. The number of amides is 3. The van der Waals surface area contributed by atoms with Gasteiger partial charge in [-0.15, -0.1) is 6.42 Å². The number of hydrogen-bond acceptors (Lipinski definition) is 6. The van der Waals surface area contributed by atoms with Gasteiger partial charge in [-0.25, -0.2) is 0 Å². The van der Waals surface area contributed by atoms with Gasteiger partial charge in [-0.1, -0.05) is 31.9 Å². The van der Waals surface area contributed by atoms with Crippen LogP contribution in [-0.4, -0.2) is 47.4 Å². The first kappa shape index (κ1) is 27.1. The zero-order valence-electron chi connectivity index (χ0n) is 17.6. The second-order valence-corrected chi connectivity index (χ2v) is 7.61. The van der Waals surface area contributed by atoms with E-state index in [1.165, 1.54) is 0 Å². The average molecular weight is 420 g/mol. The molecule has 1 heterocycles. The Morgan fingerprint density at radius 2 is 1.90 bits per heavy atom. The van der Waals surface area contributed by atoms with Crippen LogP contribution in [-0.2, 0) is 20.9 Å². The van der Waals surface area contributed by atoms with Crippen molar-refractivity contribution >= 4 is 18.2 Å². The molecule has 166 valence electrons. The number of nitrogens with two attached hydrogens (primary N) is 3. The third-order valence-corrected chi connectivity index (χ3v) is 4.31. The monoisotopic (exact) mass is 419 g/mol. The maximum absolute atomic E-state index is 11.9. The number of carbonyl (C=O) groups is 3. The van der Waals surface area contributed by atoms with Crippen molar-refractivity contribution in [1.29, 1.82) is 0 Å². The SMILES string of the molecule is C#Cc1ccc(CNC=O)cc1.CC(C)(CC(N)=O)CC(=O)N1CCC(O)C1.NN. The Morgan fingerprint density at radius 3 is 2.33 bits per heavy atom. The number of aliphatic hydroxyl groups is 1. The van der Waals surface area contributed by atoms with Crippen LogP contribution in [0.4, 0.5) is 0 Å². The van der Waals surface area contributed by atoms with Crippen molar-refractivity contribution in [3.63, 3.8) is 0 Å². The molecule has 0 aromatic heterocycles. The number of hydrogen-bond donors (Lipinski definition) is 5. The molecule has 3 amide bonds. The van der Waals surface area contributed by atoms with Gasteiger partial charge < -0.3 is 21.1 Å². The van der Waals surface area contributed by atoms with E-state index in [1.54, 1.807) is 4.90 Å². The Hall–Kier alpha value is -2.93. The summed E-state index contributed by atoms with van der Waals surface area (Å²) in [6.07, 6.45) is 6.59. The van der Waals surface area contributed by atoms with Gasteiger partial charge in [0.2, 0.25) is 18.2 Å². The van der Waals surface area contributed by atoms with Crippen molar-refractivity contribution < 1.29 is 19.5 Å². The predicted octanol–water partition coefficient (Wildman–Crippen LogP) is -0.396. The van der Waals surface area contributed by atoms with Crippen molar-refractivity contribution in [2.45, 2.75) is 45.8 Å². The minimum atomic E-state index is -0.406. The molecule has 1 aliphatic rings. The molecule has 0 bridgehead atoms. The molecule has 0 spiro atoms. The van der Waals surface area contributed by atoms with Crippen LogP contribution < -0.4 is 22.7 Å². The van der Waals surface area contributed by atoms with E-state index in [2.05, 4.69) is 22.9 Å². The van der Waals surface area contributed by atoms with Gasteiger partial charge in [0.25, 0.3) is 0 Å². The lowest BCUT2D eigenvalue weighted by molar-refractivity contribution is -0.133. The molecule has 1 fully saturated rings. The number of nitrogens with zero attached hydrogens (tertiary/aromatic N) is 1. The van der Waals surface area contributed by atoms with E-state index in [0.29, 0.717) is 38.9 Å². The van der Waals surface area contributed by atoms with E-state index >= 15 is 0 Å². The van der Waals surface area contributed by atoms with Gasteiger partial charge >= 0.3 is 0 Å². The van der Waals surface area contributed by atoms with Crippen molar-refractivity contribution in [2.75, 3.05) is 13.1 Å². The maximum atomic E-state index is 11.9. The van der Waals surface area contributed by atoms with Gasteiger partial charge in [0.1, 0.15) is 0 Å². The molecule has 1 saturated heterocycles. The Kier molecular flexibility index (Phi) is 12.7. The number of carbonyl (C=O) groups excluding carboxylic acids is 3. The smallest absolute Gasteiger partial charge is 0.223 e. The molecule has 9 nitrogen and oxygen atoms in total. The summed E-state index contributed by atoms with van der Waals surface area (Å²) in [5, 5.41) is 11.9. The van der Waals surface area contributed by atoms with Crippen molar-refractivity contribution in [2.24, 2.45) is 22.8 Å². The summed E-state index contributed by atoms with van der Waals surface area (Å²) in [7, 11) is 0. The van der Waals surface area contributed by atoms with Gasteiger partial charge in [-0.3, -0.25) is 26.1 Å². The fourth-order valence-electron chi connectivity index (χ4n) is 2.90. The number of benzene rings is 1. The lowest BCUT2D eigenvalue weighted by Crippen LogP contribution is -2.34. The Labute approximate surface area is 177 Å². The minimum absolute atomic E-state index is 0.0113. The van der Waals surface area contributed by atoms with Crippen molar-refractivity contribution in [3.8, 4) is 12.3 Å².